The average molecular weight is 300 g/mol. The fourth-order valence-electron chi connectivity index (χ4n) is 1.82. The minimum Gasteiger partial charge on any atom is -0.497 e. The van der Waals surface area contributed by atoms with Crippen LogP contribution in [0.3, 0.4) is 0 Å². The topological polar surface area (TPSA) is 76.1 Å². The van der Waals surface area contributed by atoms with Crippen LogP contribution in [0.25, 0.3) is 0 Å². The molecule has 1 aromatic heterocycles. The number of nitrogens with zero attached hydrogens (tertiary/aromatic N) is 2. The fourth-order valence-corrected chi connectivity index (χ4v) is 1.82. The van der Waals surface area contributed by atoms with Crippen molar-refractivity contribution in [2.45, 2.75) is 19.8 Å². The molecule has 0 saturated heterocycles. The molecule has 1 aromatic carbocycles. The van der Waals surface area contributed by atoms with Gasteiger partial charge in [-0.1, -0.05) is 19.4 Å². The molecule has 2 N–H and O–H groups in total. The Balaban J connectivity index is 1.97. The Labute approximate surface area is 129 Å². The molecule has 0 saturated carbocycles. The molecule has 0 bridgehead atoms. The number of carbonyl (C=O) groups excluding carboxylic acids is 1. The lowest BCUT2D eigenvalue weighted by Gasteiger charge is -2.07. The van der Waals surface area contributed by atoms with E-state index in [-0.39, 0.29) is 5.91 Å². The summed E-state index contributed by atoms with van der Waals surface area (Å²) in [4.78, 5) is 20.4. The zero-order valence-electron chi connectivity index (χ0n) is 12.8. The van der Waals surface area contributed by atoms with Gasteiger partial charge >= 0.3 is 0 Å². The van der Waals surface area contributed by atoms with Gasteiger partial charge in [0, 0.05) is 30.7 Å². The first-order valence-corrected chi connectivity index (χ1v) is 7.24. The SMILES string of the molecule is CCCCNc1ncc(C(=O)Nc2cccc(OC)c2)cn1. The summed E-state index contributed by atoms with van der Waals surface area (Å²) < 4.78 is 5.12. The zero-order chi connectivity index (χ0) is 15.8. The summed E-state index contributed by atoms with van der Waals surface area (Å²) in [6, 6.07) is 7.17. The van der Waals surface area contributed by atoms with Crippen LogP contribution in [0.5, 0.6) is 5.75 Å². The normalized spacial score (nSPS) is 10.1. The molecule has 1 amide bonds. The number of methoxy groups -OCH3 is 1. The predicted octanol–water partition coefficient (Wildman–Crippen LogP) is 2.95. The second-order valence-corrected chi connectivity index (χ2v) is 4.76. The van der Waals surface area contributed by atoms with Crippen LogP contribution >= 0.6 is 0 Å². The van der Waals surface area contributed by atoms with Crippen molar-refractivity contribution in [2.75, 3.05) is 24.3 Å². The Hall–Kier alpha value is -2.63. The van der Waals surface area contributed by atoms with Gasteiger partial charge < -0.3 is 15.4 Å². The number of aromatic nitrogens is 2. The van der Waals surface area contributed by atoms with Gasteiger partial charge in [0.25, 0.3) is 5.91 Å². The summed E-state index contributed by atoms with van der Waals surface area (Å²) in [7, 11) is 1.58. The van der Waals surface area contributed by atoms with E-state index in [2.05, 4.69) is 27.5 Å². The Morgan fingerprint density at radius 3 is 2.73 bits per heavy atom. The number of ether oxygens (including phenoxy) is 1. The maximum Gasteiger partial charge on any atom is 0.258 e. The Morgan fingerprint density at radius 2 is 2.05 bits per heavy atom. The molecule has 2 rings (SSSR count). The maximum atomic E-state index is 12.1. The molecule has 0 aliphatic rings. The van der Waals surface area contributed by atoms with E-state index in [1.165, 1.54) is 12.4 Å². The molecule has 2 aromatic rings. The fraction of sp³-hybridized carbons (Fsp3) is 0.312. The molecule has 0 aliphatic carbocycles. The minimum atomic E-state index is -0.256. The smallest absolute Gasteiger partial charge is 0.258 e. The highest BCUT2D eigenvalue weighted by atomic mass is 16.5. The molecule has 0 aliphatic heterocycles. The van der Waals surface area contributed by atoms with E-state index in [4.69, 9.17) is 4.74 Å². The van der Waals surface area contributed by atoms with Gasteiger partial charge in [0.05, 0.1) is 12.7 Å². The Kier molecular flexibility index (Phi) is 5.71. The number of hydrogen-bond acceptors (Lipinski definition) is 5. The summed E-state index contributed by atoms with van der Waals surface area (Å²) >= 11 is 0. The van der Waals surface area contributed by atoms with E-state index >= 15 is 0 Å². The van der Waals surface area contributed by atoms with Crippen LogP contribution in [0.15, 0.2) is 36.7 Å². The van der Waals surface area contributed by atoms with Gasteiger partial charge in [0.2, 0.25) is 5.95 Å². The summed E-state index contributed by atoms with van der Waals surface area (Å²) in [5.74, 6) is 0.962. The van der Waals surface area contributed by atoms with Crippen LogP contribution < -0.4 is 15.4 Å². The van der Waals surface area contributed by atoms with Crippen LogP contribution in [0.4, 0.5) is 11.6 Å². The molecule has 22 heavy (non-hydrogen) atoms. The van der Waals surface area contributed by atoms with Crippen molar-refractivity contribution in [1.29, 1.82) is 0 Å². The van der Waals surface area contributed by atoms with Crippen molar-refractivity contribution in [3.8, 4) is 5.75 Å². The van der Waals surface area contributed by atoms with Gasteiger partial charge in [-0.05, 0) is 18.6 Å². The minimum absolute atomic E-state index is 0.256. The van der Waals surface area contributed by atoms with Crippen LogP contribution in [0.2, 0.25) is 0 Å². The zero-order valence-corrected chi connectivity index (χ0v) is 12.8. The van der Waals surface area contributed by atoms with E-state index < -0.39 is 0 Å². The van der Waals surface area contributed by atoms with Crippen molar-refractivity contribution >= 4 is 17.5 Å². The first-order chi connectivity index (χ1) is 10.7. The average Bonchev–Trinajstić information content (AvgIpc) is 2.56. The second-order valence-electron chi connectivity index (χ2n) is 4.76. The van der Waals surface area contributed by atoms with Gasteiger partial charge in [-0.2, -0.15) is 0 Å². The van der Waals surface area contributed by atoms with E-state index in [0.717, 1.165) is 19.4 Å². The van der Waals surface area contributed by atoms with Gasteiger partial charge in [-0.3, -0.25) is 4.79 Å². The third-order valence-electron chi connectivity index (χ3n) is 3.06. The summed E-state index contributed by atoms with van der Waals surface area (Å²) in [6.07, 6.45) is 5.18. The van der Waals surface area contributed by atoms with Crippen LogP contribution in [0, 0.1) is 0 Å². The van der Waals surface area contributed by atoms with Gasteiger partial charge in [-0.25, -0.2) is 9.97 Å². The van der Waals surface area contributed by atoms with E-state index in [0.29, 0.717) is 22.9 Å². The maximum absolute atomic E-state index is 12.1. The van der Waals surface area contributed by atoms with Crippen molar-refractivity contribution < 1.29 is 9.53 Å². The lowest BCUT2D eigenvalue weighted by Crippen LogP contribution is -2.13. The van der Waals surface area contributed by atoms with Crippen molar-refractivity contribution in [3.63, 3.8) is 0 Å². The number of hydrogen-bond donors (Lipinski definition) is 2. The highest BCUT2D eigenvalue weighted by molar-refractivity contribution is 6.03. The van der Waals surface area contributed by atoms with Gasteiger partial charge in [0.1, 0.15) is 5.75 Å². The molecular weight excluding hydrogens is 280 g/mol. The molecule has 6 heteroatoms. The largest absolute Gasteiger partial charge is 0.497 e. The molecule has 116 valence electrons. The Bertz CT molecular complexity index is 614. The number of carbonyl (C=O) groups is 1. The van der Waals surface area contributed by atoms with Crippen molar-refractivity contribution in [1.82, 2.24) is 9.97 Å². The van der Waals surface area contributed by atoms with Crippen molar-refractivity contribution in [3.05, 3.63) is 42.2 Å². The van der Waals surface area contributed by atoms with Crippen LogP contribution in [0.1, 0.15) is 30.1 Å². The molecular formula is C16H20N4O2. The standard InChI is InChI=1S/C16H20N4O2/c1-3-4-8-17-16-18-10-12(11-19-16)15(21)20-13-6-5-7-14(9-13)22-2/h5-7,9-11H,3-4,8H2,1-2H3,(H,20,21)(H,17,18,19). The summed E-state index contributed by atoms with van der Waals surface area (Å²) in [5, 5.41) is 5.89. The molecule has 0 atom stereocenters. The van der Waals surface area contributed by atoms with E-state index in [1.807, 2.05) is 12.1 Å². The molecule has 0 unspecified atom stereocenters. The van der Waals surface area contributed by atoms with E-state index in [9.17, 15) is 4.79 Å². The third-order valence-corrected chi connectivity index (χ3v) is 3.06. The second kappa shape index (κ2) is 7.97. The number of anilines is 2. The van der Waals surface area contributed by atoms with Gasteiger partial charge in [-0.15, -0.1) is 0 Å². The highest BCUT2D eigenvalue weighted by Crippen LogP contribution is 2.17. The summed E-state index contributed by atoms with van der Waals surface area (Å²) in [6.45, 7) is 2.94. The lowest BCUT2D eigenvalue weighted by atomic mass is 10.2. The summed E-state index contributed by atoms with van der Waals surface area (Å²) in [5.41, 5.74) is 1.07. The first-order valence-electron chi connectivity index (χ1n) is 7.24. The molecule has 0 radical (unpaired) electrons. The molecule has 0 fully saturated rings. The number of unbranched alkanes of at least 4 members (excludes halogenated alkanes) is 1. The third kappa shape index (κ3) is 4.44. The number of rotatable bonds is 7. The molecule has 1 heterocycles. The van der Waals surface area contributed by atoms with Gasteiger partial charge in [0.15, 0.2) is 0 Å². The quantitative estimate of drug-likeness (QED) is 0.769. The van der Waals surface area contributed by atoms with Crippen LogP contribution in [-0.4, -0.2) is 29.5 Å². The number of nitrogens with one attached hydrogen (secondary N) is 2. The first kappa shape index (κ1) is 15.8. The van der Waals surface area contributed by atoms with E-state index in [1.54, 1.807) is 19.2 Å². The highest BCUT2D eigenvalue weighted by Gasteiger charge is 2.08. The van der Waals surface area contributed by atoms with Crippen LogP contribution in [-0.2, 0) is 0 Å². The monoisotopic (exact) mass is 300 g/mol. The predicted molar refractivity (Wildman–Crippen MR) is 86.4 cm³/mol. The molecule has 6 nitrogen and oxygen atoms in total. The van der Waals surface area contributed by atoms with Crippen molar-refractivity contribution in [2.24, 2.45) is 0 Å². The number of amides is 1. The Morgan fingerprint density at radius 1 is 1.27 bits per heavy atom. The molecule has 0 spiro atoms. The number of benzene rings is 1. The lowest BCUT2D eigenvalue weighted by molar-refractivity contribution is 0.102.